The Hall–Kier alpha value is 0.01000. The summed E-state index contributed by atoms with van der Waals surface area (Å²) in [5.41, 5.74) is 0.290. The molecule has 1 aliphatic rings. The van der Waals surface area contributed by atoms with Crippen molar-refractivity contribution < 1.29 is 0 Å². The predicted molar refractivity (Wildman–Crippen MR) is 84.8 cm³/mol. The van der Waals surface area contributed by atoms with Crippen LogP contribution in [0.2, 0.25) is 0 Å². The predicted octanol–water partition coefficient (Wildman–Crippen LogP) is 4.42. The van der Waals surface area contributed by atoms with Crippen LogP contribution in [0.25, 0.3) is 0 Å². The third kappa shape index (κ3) is 3.52. The van der Waals surface area contributed by atoms with Gasteiger partial charge < -0.3 is 5.32 Å². The Bertz CT molecular complexity index is 378. The lowest BCUT2D eigenvalue weighted by molar-refractivity contribution is 0.535. The fraction of sp³-hybridized carbons (Fsp3) is 0.733. The van der Waals surface area contributed by atoms with Crippen molar-refractivity contribution in [1.82, 2.24) is 5.32 Å². The summed E-state index contributed by atoms with van der Waals surface area (Å²) in [4.78, 5) is 2.97. The molecule has 2 atom stereocenters. The van der Waals surface area contributed by atoms with Crippen LogP contribution in [0.1, 0.15) is 49.8 Å². The van der Waals surface area contributed by atoms with Crippen molar-refractivity contribution in [3.8, 4) is 0 Å². The molecule has 2 rings (SSSR count). The van der Waals surface area contributed by atoms with E-state index in [0.29, 0.717) is 0 Å². The molecule has 0 saturated heterocycles. The Morgan fingerprint density at radius 3 is 2.72 bits per heavy atom. The third-order valence-corrected chi connectivity index (χ3v) is 6.38. The zero-order valence-electron chi connectivity index (χ0n) is 12.0. The number of thiophene rings is 1. The highest BCUT2D eigenvalue weighted by atomic mass is 32.2. The van der Waals surface area contributed by atoms with Gasteiger partial charge in [0, 0.05) is 27.6 Å². The van der Waals surface area contributed by atoms with Gasteiger partial charge in [-0.2, -0.15) is 11.8 Å². The molecule has 2 unspecified atom stereocenters. The summed E-state index contributed by atoms with van der Waals surface area (Å²) in [7, 11) is 0. The molecule has 1 N–H and O–H groups in total. The number of nitrogens with one attached hydrogen (secondary N) is 1. The Morgan fingerprint density at radius 1 is 1.33 bits per heavy atom. The number of rotatable bonds is 4. The van der Waals surface area contributed by atoms with Gasteiger partial charge in [-0.1, -0.05) is 27.2 Å². The Morgan fingerprint density at radius 2 is 2.11 bits per heavy atom. The molecule has 3 heteroatoms. The van der Waals surface area contributed by atoms with Gasteiger partial charge in [0.15, 0.2) is 0 Å². The normalized spacial score (nSPS) is 24.7. The highest BCUT2D eigenvalue weighted by molar-refractivity contribution is 7.99. The Balaban J connectivity index is 1.89. The number of thioether (sulfide) groups is 1. The van der Waals surface area contributed by atoms with Crippen LogP contribution in [-0.2, 0) is 12.0 Å². The molecule has 0 bridgehead atoms. The van der Waals surface area contributed by atoms with E-state index in [1.807, 2.05) is 23.1 Å². The second-order valence-electron chi connectivity index (χ2n) is 6.21. The van der Waals surface area contributed by atoms with Crippen LogP contribution in [0.5, 0.6) is 0 Å². The van der Waals surface area contributed by atoms with E-state index in [1.54, 1.807) is 0 Å². The van der Waals surface area contributed by atoms with Gasteiger partial charge in [-0.25, -0.2) is 0 Å². The monoisotopic (exact) mass is 283 g/mol. The summed E-state index contributed by atoms with van der Waals surface area (Å²) in [6.07, 6.45) is 6.37. The molecule has 1 nitrogen and oxygen atoms in total. The van der Waals surface area contributed by atoms with E-state index < -0.39 is 0 Å². The minimum atomic E-state index is 0.290. The van der Waals surface area contributed by atoms with E-state index in [-0.39, 0.29) is 5.41 Å². The molecular weight excluding hydrogens is 258 g/mol. The molecule has 1 saturated carbocycles. The van der Waals surface area contributed by atoms with Crippen molar-refractivity contribution in [2.75, 3.05) is 6.26 Å². The van der Waals surface area contributed by atoms with E-state index in [9.17, 15) is 0 Å². The van der Waals surface area contributed by atoms with E-state index in [4.69, 9.17) is 0 Å². The van der Waals surface area contributed by atoms with Crippen molar-refractivity contribution in [3.63, 3.8) is 0 Å². The fourth-order valence-corrected chi connectivity index (χ4v) is 4.53. The van der Waals surface area contributed by atoms with Crippen LogP contribution < -0.4 is 5.32 Å². The largest absolute Gasteiger partial charge is 0.308 e. The van der Waals surface area contributed by atoms with E-state index >= 15 is 0 Å². The molecule has 0 aromatic carbocycles. The molecule has 1 aliphatic carbocycles. The average molecular weight is 284 g/mol. The first-order valence-electron chi connectivity index (χ1n) is 6.86. The minimum Gasteiger partial charge on any atom is -0.308 e. The third-order valence-electron chi connectivity index (χ3n) is 3.69. The Labute approximate surface area is 120 Å². The summed E-state index contributed by atoms with van der Waals surface area (Å²) in [5, 5.41) is 4.58. The average Bonchev–Trinajstić information content (AvgIpc) is 2.94. The van der Waals surface area contributed by atoms with Crippen molar-refractivity contribution in [2.45, 2.75) is 63.3 Å². The Kier molecular flexibility index (Phi) is 4.79. The van der Waals surface area contributed by atoms with Crippen LogP contribution in [0.4, 0.5) is 0 Å². The van der Waals surface area contributed by atoms with Crippen LogP contribution >= 0.6 is 23.1 Å². The van der Waals surface area contributed by atoms with Gasteiger partial charge in [0.2, 0.25) is 0 Å². The lowest BCUT2D eigenvalue weighted by Gasteiger charge is -2.19. The molecule has 0 radical (unpaired) electrons. The van der Waals surface area contributed by atoms with Gasteiger partial charge in [0.25, 0.3) is 0 Å². The first-order chi connectivity index (χ1) is 8.50. The van der Waals surface area contributed by atoms with Gasteiger partial charge in [0.1, 0.15) is 0 Å². The van der Waals surface area contributed by atoms with Crippen molar-refractivity contribution in [3.05, 3.63) is 21.9 Å². The van der Waals surface area contributed by atoms with Gasteiger partial charge in [-0.3, -0.25) is 0 Å². The lowest BCUT2D eigenvalue weighted by Crippen LogP contribution is -2.33. The molecule has 0 amide bonds. The maximum absolute atomic E-state index is 3.75. The first kappa shape index (κ1) is 14.4. The topological polar surface area (TPSA) is 12.0 Å². The molecule has 1 fully saturated rings. The molecule has 1 aromatic rings. The molecule has 1 aromatic heterocycles. The number of hydrogen-bond donors (Lipinski definition) is 1. The van der Waals surface area contributed by atoms with Crippen LogP contribution in [-0.4, -0.2) is 17.5 Å². The molecule has 102 valence electrons. The SMILES string of the molecule is CSC1CCCC1NCc1ccc(C(C)(C)C)s1. The lowest BCUT2D eigenvalue weighted by atomic mass is 9.95. The second kappa shape index (κ2) is 5.98. The smallest absolute Gasteiger partial charge is 0.0302 e. The van der Waals surface area contributed by atoms with E-state index in [2.05, 4.69) is 44.5 Å². The van der Waals surface area contributed by atoms with Crippen LogP contribution in [0.3, 0.4) is 0 Å². The van der Waals surface area contributed by atoms with Crippen LogP contribution in [0.15, 0.2) is 12.1 Å². The van der Waals surface area contributed by atoms with Gasteiger partial charge >= 0.3 is 0 Å². The van der Waals surface area contributed by atoms with E-state index in [1.165, 1.54) is 29.0 Å². The molecule has 18 heavy (non-hydrogen) atoms. The quantitative estimate of drug-likeness (QED) is 0.878. The molecule has 1 heterocycles. The number of hydrogen-bond acceptors (Lipinski definition) is 3. The van der Waals surface area contributed by atoms with Gasteiger partial charge in [-0.05, 0) is 36.6 Å². The van der Waals surface area contributed by atoms with E-state index in [0.717, 1.165) is 17.8 Å². The van der Waals surface area contributed by atoms with Crippen molar-refractivity contribution in [1.29, 1.82) is 0 Å². The molecular formula is C15H25NS2. The summed E-state index contributed by atoms with van der Waals surface area (Å²) in [6.45, 7) is 7.91. The minimum absolute atomic E-state index is 0.290. The summed E-state index contributed by atoms with van der Waals surface area (Å²) in [5.74, 6) is 0. The second-order valence-corrected chi connectivity index (χ2v) is 8.45. The van der Waals surface area contributed by atoms with Crippen LogP contribution in [0, 0.1) is 0 Å². The summed E-state index contributed by atoms with van der Waals surface area (Å²) < 4.78 is 0. The standard InChI is InChI=1S/C15H25NS2/c1-15(2,3)14-9-8-11(18-14)10-16-12-6-5-7-13(12)17-4/h8-9,12-13,16H,5-7,10H2,1-4H3. The van der Waals surface area contributed by atoms with Gasteiger partial charge in [-0.15, -0.1) is 11.3 Å². The maximum Gasteiger partial charge on any atom is 0.0302 e. The maximum atomic E-state index is 3.75. The van der Waals surface area contributed by atoms with Gasteiger partial charge in [0.05, 0.1) is 0 Å². The zero-order chi connectivity index (χ0) is 13.2. The summed E-state index contributed by atoms with van der Waals surface area (Å²) >= 11 is 3.99. The van der Waals surface area contributed by atoms with Crippen molar-refractivity contribution in [2.24, 2.45) is 0 Å². The molecule has 0 spiro atoms. The van der Waals surface area contributed by atoms with Crippen molar-refractivity contribution >= 4 is 23.1 Å². The highest BCUT2D eigenvalue weighted by Gasteiger charge is 2.26. The highest BCUT2D eigenvalue weighted by Crippen LogP contribution is 2.31. The zero-order valence-corrected chi connectivity index (χ0v) is 13.6. The fourth-order valence-electron chi connectivity index (χ4n) is 2.55. The first-order valence-corrected chi connectivity index (χ1v) is 8.96. The summed E-state index contributed by atoms with van der Waals surface area (Å²) in [6, 6.07) is 5.31. The molecule has 0 aliphatic heterocycles.